The molecule has 0 aromatic heterocycles. The van der Waals surface area contributed by atoms with Crippen LogP contribution in [0.4, 0.5) is 0 Å². The van der Waals surface area contributed by atoms with Gasteiger partial charge in [-0.25, -0.2) is 0 Å². The first kappa shape index (κ1) is 17.5. The Kier molecular flexibility index (Phi) is 7.63. The molecule has 1 rings (SSSR count). The van der Waals surface area contributed by atoms with Crippen molar-refractivity contribution in [1.82, 2.24) is 5.32 Å². The van der Waals surface area contributed by atoms with Gasteiger partial charge in [-0.3, -0.25) is 0 Å². The van der Waals surface area contributed by atoms with Crippen LogP contribution in [-0.4, -0.2) is 30.1 Å². The highest BCUT2D eigenvalue weighted by Crippen LogP contribution is 2.26. The van der Waals surface area contributed by atoms with Crippen LogP contribution in [0.1, 0.15) is 46.1 Å². The molecule has 2 nitrogen and oxygen atoms in total. The van der Waals surface area contributed by atoms with Gasteiger partial charge in [0.1, 0.15) is 0 Å². The third-order valence-electron chi connectivity index (χ3n) is 3.33. The zero-order chi connectivity index (χ0) is 15.0. The zero-order valence-electron chi connectivity index (χ0n) is 13.3. The first-order chi connectivity index (χ1) is 9.47. The Labute approximate surface area is 128 Å². The Bertz CT molecular complexity index is 370. The predicted molar refractivity (Wildman–Crippen MR) is 89.7 cm³/mol. The second kappa shape index (κ2) is 8.71. The van der Waals surface area contributed by atoms with Gasteiger partial charge in [0.2, 0.25) is 0 Å². The van der Waals surface area contributed by atoms with Gasteiger partial charge in [-0.1, -0.05) is 39.8 Å². The minimum absolute atomic E-state index is 0.214. The van der Waals surface area contributed by atoms with Crippen molar-refractivity contribution in [2.75, 3.05) is 18.9 Å². The summed E-state index contributed by atoms with van der Waals surface area (Å²) in [4.78, 5) is 1.30. The van der Waals surface area contributed by atoms with E-state index in [1.165, 1.54) is 10.5 Å². The van der Waals surface area contributed by atoms with Crippen molar-refractivity contribution in [3.8, 4) is 0 Å². The van der Waals surface area contributed by atoms with E-state index in [0.29, 0.717) is 6.04 Å². The van der Waals surface area contributed by atoms with E-state index in [9.17, 15) is 0 Å². The summed E-state index contributed by atoms with van der Waals surface area (Å²) in [6.45, 7) is 10.2. The van der Waals surface area contributed by atoms with Crippen LogP contribution >= 0.6 is 11.8 Å². The molecule has 0 bridgehead atoms. The predicted octanol–water partition coefficient (Wildman–Crippen LogP) is 3.83. The summed E-state index contributed by atoms with van der Waals surface area (Å²) < 4.78 is 0. The van der Waals surface area contributed by atoms with Crippen LogP contribution in [0.15, 0.2) is 29.2 Å². The summed E-state index contributed by atoms with van der Waals surface area (Å²) in [6, 6.07) is 9.26. The number of hydrogen-bond acceptors (Lipinski definition) is 3. The van der Waals surface area contributed by atoms with Gasteiger partial charge < -0.3 is 10.4 Å². The molecule has 1 atom stereocenters. The number of rotatable bonds is 8. The Morgan fingerprint density at radius 1 is 1.20 bits per heavy atom. The van der Waals surface area contributed by atoms with Crippen LogP contribution in [0.25, 0.3) is 0 Å². The molecule has 1 unspecified atom stereocenters. The smallest absolute Gasteiger partial charge is 0.0446 e. The molecule has 0 heterocycles. The van der Waals surface area contributed by atoms with Crippen LogP contribution in [0.5, 0.6) is 0 Å². The Morgan fingerprint density at radius 2 is 1.85 bits per heavy atom. The summed E-state index contributed by atoms with van der Waals surface area (Å²) >= 11 is 1.86. The molecule has 0 aliphatic rings. The number of nitrogens with one attached hydrogen (secondary N) is 1. The lowest BCUT2D eigenvalue weighted by Gasteiger charge is -2.20. The summed E-state index contributed by atoms with van der Waals surface area (Å²) in [5, 5.41) is 12.6. The van der Waals surface area contributed by atoms with E-state index in [2.05, 4.69) is 57.3 Å². The largest absolute Gasteiger partial charge is 0.396 e. The Hall–Kier alpha value is -0.510. The molecule has 1 aromatic carbocycles. The molecule has 0 fully saturated rings. The van der Waals surface area contributed by atoms with Gasteiger partial charge in [-0.15, -0.1) is 11.8 Å². The summed E-state index contributed by atoms with van der Waals surface area (Å²) in [5.41, 5.74) is 1.59. The summed E-state index contributed by atoms with van der Waals surface area (Å²) in [6.07, 6.45) is 1.96. The van der Waals surface area contributed by atoms with Crippen molar-refractivity contribution >= 4 is 11.8 Å². The van der Waals surface area contributed by atoms with Crippen LogP contribution in [0.2, 0.25) is 0 Å². The van der Waals surface area contributed by atoms with Crippen LogP contribution < -0.4 is 5.32 Å². The number of aliphatic hydroxyl groups excluding tert-OH is 1. The lowest BCUT2D eigenvalue weighted by Crippen LogP contribution is -2.32. The maximum absolute atomic E-state index is 9.11. The van der Waals surface area contributed by atoms with E-state index in [-0.39, 0.29) is 12.0 Å². The van der Waals surface area contributed by atoms with Crippen molar-refractivity contribution in [2.45, 2.75) is 56.9 Å². The minimum atomic E-state index is 0.214. The maximum atomic E-state index is 9.11. The third kappa shape index (κ3) is 6.29. The summed E-state index contributed by atoms with van der Waals surface area (Å²) in [5.74, 6) is 1.01. The molecule has 3 heteroatoms. The van der Waals surface area contributed by atoms with Crippen molar-refractivity contribution in [3.63, 3.8) is 0 Å². The van der Waals surface area contributed by atoms with E-state index in [4.69, 9.17) is 5.11 Å². The highest BCUT2D eigenvalue weighted by atomic mass is 32.2. The number of aliphatic hydroxyl groups is 1. The third-order valence-corrected chi connectivity index (χ3v) is 4.51. The Morgan fingerprint density at radius 3 is 2.35 bits per heavy atom. The number of benzene rings is 1. The fourth-order valence-electron chi connectivity index (χ4n) is 2.00. The molecule has 2 N–H and O–H groups in total. The van der Waals surface area contributed by atoms with E-state index in [1.807, 2.05) is 11.8 Å². The average molecular weight is 295 g/mol. The standard InChI is InChI=1S/C17H29NOS/c1-5-11-18-15(10-12-19)13-20-16-8-6-14(7-9-16)17(2,3)4/h6-9,15,18-19H,5,10-13H2,1-4H3. The first-order valence-electron chi connectivity index (χ1n) is 7.55. The Balaban J connectivity index is 2.51. The van der Waals surface area contributed by atoms with Gasteiger partial charge in [-0.2, -0.15) is 0 Å². The molecule has 0 aliphatic carbocycles. The van der Waals surface area contributed by atoms with Gasteiger partial charge in [0.15, 0.2) is 0 Å². The van der Waals surface area contributed by atoms with E-state index >= 15 is 0 Å². The number of thioether (sulfide) groups is 1. The molecule has 0 radical (unpaired) electrons. The molecule has 0 saturated carbocycles. The normalized spacial score (nSPS) is 13.4. The fourth-order valence-corrected chi connectivity index (χ4v) is 3.00. The van der Waals surface area contributed by atoms with Crippen molar-refractivity contribution in [1.29, 1.82) is 0 Å². The molecule has 1 aromatic rings. The van der Waals surface area contributed by atoms with Gasteiger partial charge in [-0.05, 0) is 42.5 Å². The molecular formula is C17H29NOS. The highest BCUT2D eigenvalue weighted by Gasteiger charge is 2.13. The van der Waals surface area contributed by atoms with Crippen LogP contribution in [0.3, 0.4) is 0 Å². The monoisotopic (exact) mass is 295 g/mol. The molecule has 0 aliphatic heterocycles. The molecular weight excluding hydrogens is 266 g/mol. The fraction of sp³-hybridized carbons (Fsp3) is 0.647. The van der Waals surface area contributed by atoms with E-state index < -0.39 is 0 Å². The molecule has 114 valence electrons. The second-order valence-corrected chi connectivity index (χ2v) is 7.34. The molecule has 0 saturated heterocycles. The number of hydrogen-bond donors (Lipinski definition) is 2. The quantitative estimate of drug-likeness (QED) is 0.715. The lowest BCUT2D eigenvalue weighted by atomic mass is 9.87. The van der Waals surface area contributed by atoms with Crippen molar-refractivity contribution in [3.05, 3.63) is 29.8 Å². The van der Waals surface area contributed by atoms with Gasteiger partial charge in [0, 0.05) is 23.3 Å². The van der Waals surface area contributed by atoms with Crippen LogP contribution in [-0.2, 0) is 5.41 Å². The molecule has 0 spiro atoms. The summed E-state index contributed by atoms with van der Waals surface area (Å²) in [7, 11) is 0. The molecule has 0 amide bonds. The van der Waals surface area contributed by atoms with Crippen molar-refractivity contribution in [2.24, 2.45) is 0 Å². The van der Waals surface area contributed by atoms with Gasteiger partial charge in [0.25, 0.3) is 0 Å². The van der Waals surface area contributed by atoms with Crippen molar-refractivity contribution < 1.29 is 5.11 Å². The van der Waals surface area contributed by atoms with Gasteiger partial charge in [0.05, 0.1) is 0 Å². The first-order valence-corrected chi connectivity index (χ1v) is 8.53. The van der Waals surface area contributed by atoms with Gasteiger partial charge >= 0.3 is 0 Å². The maximum Gasteiger partial charge on any atom is 0.0446 e. The topological polar surface area (TPSA) is 32.3 Å². The minimum Gasteiger partial charge on any atom is -0.396 e. The average Bonchev–Trinajstić information content (AvgIpc) is 2.41. The zero-order valence-corrected chi connectivity index (χ0v) is 14.1. The lowest BCUT2D eigenvalue weighted by molar-refractivity contribution is 0.270. The SMILES string of the molecule is CCCNC(CCO)CSc1ccc(C(C)(C)C)cc1. The van der Waals surface area contributed by atoms with E-state index in [1.54, 1.807) is 0 Å². The van der Waals surface area contributed by atoms with E-state index in [0.717, 1.165) is 25.1 Å². The molecule has 20 heavy (non-hydrogen) atoms. The second-order valence-electron chi connectivity index (χ2n) is 6.25. The highest BCUT2D eigenvalue weighted by molar-refractivity contribution is 7.99. The van der Waals surface area contributed by atoms with Crippen LogP contribution in [0, 0.1) is 0 Å².